The SMILES string of the molecule is CC1CC(C)C(C)N(S(=O)(=O)Cc2ccc(CN)cc2)C1. The number of benzene rings is 1. The van der Waals surface area contributed by atoms with Crippen LogP contribution in [0.25, 0.3) is 0 Å². The number of sulfonamides is 1. The number of piperidine rings is 1. The maximum atomic E-state index is 12.7. The van der Waals surface area contributed by atoms with Crippen molar-refractivity contribution in [3.05, 3.63) is 35.4 Å². The van der Waals surface area contributed by atoms with Crippen LogP contribution in [0.2, 0.25) is 0 Å². The number of hydrogen-bond acceptors (Lipinski definition) is 3. The Labute approximate surface area is 128 Å². The van der Waals surface area contributed by atoms with Crippen LogP contribution < -0.4 is 5.73 Å². The Bertz CT molecular complexity index is 568. The van der Waals surface area contributed by atoms with Crippen molar-refractivity contribution < 1.29 is 8.42 Å². The first-order valence-corrected chi connectivity index (χ1v) is 9.22. The molecular formula is C16H26N2O2S. The molecule has 21 heavy (non-hydrogen) atoms. The van der Waals surface area contributed by atoms with E-state index in [2.05, 4.69) is 13.8 Å². The van der Waals surface area contributed by atoms with E-state index in [0.717, 1.165) is 17.5 Å². The monoisotopic (exact) mass is 310 g/mol. The third-order valence-electron chi connectivity index (χ3n) is 4.51. The van der Waals surface area contributed by atoms with Gasteiger partial charge in [-0.25, -0.2) is 8.42 Å². The van der Waals surface area contributed by atoms with Gasteiger partial charge in [0.1, 0.15) is 0 Å². The summed E-state index contributed by atoms with van der Waals surface area (Å²) in [6, 6.07) is 7.60. The molecule has 0 bridgehead atoms. The number of nitrogens with two attached hydrogens (primary N) is 1. The molecular weight excluding hydrogens is 284 g/mol. The molecule has 1 aromatic carbocycles. The second kappa shape index (κ2) is 6.46. The molecule has 1 fully saturated rings. The summed E-state index contributed by atoms with van der Waals surface area (Å²) in [5.74, 6) is 0.899. The molecule has 1 aliphatic heterocycles. The lowest BCUT2D eigenvalue weighted by Crippen LogP contribution is -2.49. The van der Waals surface area contributed by atoms with Gasteiger partial charge in [0.25, 0.3) is 0 Å². The number of rotatable bonds is 4. The lowest BCUT2D eigenvalue weighted by atomic mass is 9.88. The van der Waals surface area contributed by atoms with Crippen molar-refractivity contribution in [3.63, 3.8) is 0 Å². The van der Waals surface area contributed by atoms with Gasteiger partial charge in [0, 0.05) is 19.1 Å². The lowest BCUT2D eigenvalue weighted by molar-refractivity contribution is 0.157. The molecule has 2 rings (SSSR count). The molecule has 2 N–H and O–H groups in total. The summed E-state index contributed by atoms with van der Waals surface area (Å²) in [4.78, 5) is 0. The van der Waals surface area contributed by atoms with Crippen LogP contribution in [0.3, 0.4) is 0 Å². The first kappa shape index (κ1) is 16.5. The van der Waals surface area contributed by atoms with E-state index >= 15 is 0 Å². The lowest BCUT2D eigenvalue weighted by Gasteiger charge is -2.40. The Morgan fingerprint density at radius 1 is 1.14 bits per heavy atom. The molecule has 0 radical (unpaired) electrons. The topological polar surface area (TPSA) is 63.4 Å². The van der Waals surface area contributed by atoms with Gasteiger partial charge in [-0.05, 0) is 36.3 Å². The Hall–Kier alpha value is -0.910. The second-order valence-corrected chi connectivity index (χ2v) is 8.33. The summed E-state index contributed by atoms with van der Waals surface area (Å²) in [5, 5.41) is 0. The smallest absolute Gasteiger partial charge is 0.218 e. The van der Waals surface area contributed by atoms with Gasteiger partial charge in [0.2, 0.25) is 10.0 Å². The van der Waals surface area contributed by atoms with Crippen LogP contribution in [0.15, 0.2) is 24.3 Å². The highest BCUT2D eigenvalue weighted by Crippen LogP contribution is 2.30. The minimum atomic E-state index is -3.27. The van der Waals surface area contributed by atoms with Crippen molar-refractivity contribution in [3.8, 4) is 0 Å². The summed E-state index contributed by atoms with van der Waals surface area (Å²) in [5.41, 5.74) is 7.41. The number of hydrogen-bond donors (Lipinski definition) is 1. The molecule has 0 aromatic heterocycles. The van der Waals surface area contributed by atoms with Crippen LogP contribution >= 0.6 is 0 Å². The minimum Gasteiger partial charge on any atom is -0.326 e. The predicted molar refractivity (Wildman–Crippen MR) is 86.1 cm³/mol. The van der Waals surface area contributed by atoms with Gasteiger partial charge in [-0.3, -0.25) is 0 Å². The summed E-state index contributed by atoms with van der Waals surface area (Å²) in [6.45, 7) is 7.39. The van der Waals surface area contributed by atoms with Crippen LogP contribution in [0.4, 0.5) is 0 Å². The van der Waals surface area contributed by atoms with Crippen LogP contribution in [0, 0.1) is 11.8 Å². The van der Waals surface area contributed by atoms with Crippen molar-refractivity contribution in [2.75, 3.05) is 6.54 Å². The minimum absolute atomic E-state index is 0.0711. The Kier molecular flexibility index (Phi) is 5.07. The molecule has 1 aromatic rings. The summed E-state index contributed by atoms with van der Waals surface area (Å²) >= 11 is 0. The van der Waals surface area contributed by atoms with Crippen LogP contribution in [-0.4, -0.2) is 25.3 Å². The van der Waals surface area contributed by atoms with Gasteiger partial charge >= 0.3 is 0 Å². The number of nitrogens with zero attached hydrogens (tertiary/aromatic N) is 1. The highest BCUT2D eigenvalue weighted by molar-refractivity contribution is 7.88. The molecule has 0 amide bonds. The zero-order valence-corrected chi connectivity index (χ0v) is 13.9. The van der Waals surface area contributed by atoms with E-state index in [0.29, 0.717) is 24.9 Å². The standard InChI is InChI=1S/C16H26N2O2S/c1-12-8-13(2)14(3)18(10-12)21(19,20)11-16-6-4-15(9-17)5-7-16/h4-7,12-14H,8-11,17H2,1-3H3. The molecule has 118 valence electrons. The molecule has 0 saturated carbocycles. The van der Waals surface area contributed by atoms with Crippen LogP contribution in [-0.2, 0) is 22.3 Å². The van der Waals surface area contributed by atoms with Crippen LogP contribution in [0.5, 0.6) is 0 Å². The van der Waals surface area contributed by atoms with E-state index in [1.165, 1.54) is 0 Å². The predicted octanol–water partition coefficient (Wildman–Crippen LogP) is 2.34. The Morgan fingerprint density at radius 2 is 1.71 bits per heavy atom. The molecule has 1 heterocycles. The molecule has 5 heteroatoms. The fraction of sp³-hybridized carbons (Fsp3) is 0.625. The highest BCUT2D eigenvalue weighted by Gasteiger charge is 2.36. The van der Waals surface area contributed by atoms with Gasteiger partial charge in [-0.15, -0.1) is 0 Å². The van der Waals surface area contributed by atoms with Gasteiger partial charge in [-0.2, -0.15) is 4.31 Å². The third kappa shape index (κ3) is 3.84. The van der Waals surface area contributed by atoms with E-state index in [-0.39, 0.29) is 11.8 Å². The van der Waals surface area contributed by atoms with Crippen molar-refractivity contribution in [1.82, 2.24) is 4.31 Å². The van der Waals surface area contributed by atoms with E-state index in [4.69, 9.17) is 5.73 Å². The maximum Gasteiger partial charge on any atom is 0.218 e. The Morgan fingerprint density at radius 3 is 2.29 bits per heavy atom. The summed E-state index contributed by atoms with van der Waals surface area (Å²) in [7, 11) is -3.27. The molecule has 0 spiro atoms. The van der Waals surface area contributed by atoms with Crippen LogP contribution in [0.1, 0.15) is 38.3 Å². The summed E-state index contributed by atoms with van der Waals surface area (Å²) < 4.78 is 27.1. The van der Waals surface area contributed by atoms with Gasteiger partial charge in [0.15, 0.2) is 0 Å². The van der Waals surface area contributed by atoms with Crippen molar-refractivity contribution in [2.45, 2.75) is 45.5 Å². The van der Waals surface area contributed by atoms with Gasteiger partial charge in [0.05, 0.1) is 5.75 Å². The normalized spacial score (nSPS) is 27.7. The Balaban J connectivity index is 2.16. The zero-order chi connectivity index (χ0) is 15.6. The van der Waals surface area contributed by atoms with Gasteiger partial charge < -0.3 is 5.73 Å². The summed E-state index contributed by atoms with van der Waals surface area (Å²) in [6.07, 6.45) is 1.10. The first-order chi connectivity index (χ1) is 9.83. The highest BCUT2D eigenvalue weighted by atomic mass is 32.2. The van der Waals surface area contributed by atoms with Crippen molar-refractivity contribution >= 4 is 10.0 Å². The van der Waals surface area contributed by atoms with E-state index < -0.39 is 10.0 Å². The molecule has 3 atom stereocenters. The average molecular weight is 310 g/mol. The quantitative estimate of drug-likeness (QED) is 0.928. The third-order valence-corrected chi connectivity index (χ3v) is 6.40. The van der Waals surface area contributed by atoms with Gasteiger partial charge in [-0.1, -0.05) is 38.1 Å². The van der Waals surface area contributed by atoms with E-state index in [1.54, 1.807) is 4.31 Å². The second-order valence-electron chi connectivity index (χ2n) is 6.41. The molecule has 1 aliphatic rings. The van der Waals surface area contributed by atoms with E-state index in [9.17, 15) is 8.42 Å². The maximum absolute atomic E-state index is 12.7. The first-order valence-electron chi connectivity index (χ1n) is 7.61. The van der Waals surface area contributed by atoms with Crippen molar-refractivity contribution in [2.24, 2.45) is 17.6 Å². The molecule has 3 unspecified atom stereocenters. The fourth-order valence-electron chi connectivity index (χ4n) is 3.10. The molecule has 0 aliphatic carbocycles. The van der Waals surface area contributed by atoms with Crippen molar-refractivity contribution in [1.29, 1.82) is 0 Å². The zero-order valence-electron chi connectivity index (χ0n) is 13.1. The molecule has 4 nitrogen and oxygen atoms in total. The molecule has 1 saturated heterocycles. The largest absolute Gasteiger partial charge is 0.326 e. The fourth-order valence-corrected chi connectivity index (χ4v) is 5.07. The average Bonchev–Trinajstić information content (AvgIpc) is 2.43. The van der Waals surface area contributed by atoms with E-state index in [1.807, 2.05) is 31.2 Å².